The zero-order chi connectivity index (χ0) is 12.7. The third-order valence-corrected chi connectivity index (χ3v) is 4.09. The lowest BCUT2D eigenvalue weighted by Crippen LogP contribution is -2.56. The molecule has 0 aromatic heterocycles. The molecule has 1 atom stereocenters. The first kappa shape index (κ1) is 14.5. The molecule has 1 aliphatic heterocycles. The van der Waals surface area contributed by atoms with Crippen molar-refractivity contribution >= 4 is 0 Å². The van der Waals surface area contributed by atoms with E-state index < -0.39 is 0 Å². The highest BCUT2D eigenvalue weighted by Crippen LogP contribution is 2.24. The monoisotopic (exact) mass is 236 g/mol. The lowest BCUT2D eigenvalue weighted by atomic mass is 9.89. The maximum atomic E-state index is 6.36. The molecule has 0 aromatic rings. The van der Waals surface area contributed by atoms with Crippen molar-refractivity contribution in [2.24, 2.45) is 5.73 Å². The van der Waals surface area contributed by atoms with Gasteiger partial charge in [0.05, 0.1) is 0 Å². The fourth-order valence-electron chi connectivity index (χ4n) is 2.59. The summed E-state index contributed by atoms with van der Waals surface area (Å²) in [6.45, 7) is 8.90. The van der Waals surface area contributed by atoms with Gasteiger partial charge in [-0.05, 0) is 53.1 Å². The van der Waals surface area contributed by atoms with E-state index in [0.717, 1.165) is 12.8 Å². The van der Waals surface area contributed by atoms with Crippen molar-refractivity contribution in [1.29, 1.82) is 0 Å². The summed E-state index contributed by atoms with van der Waals surface area (Å²) in [5, 5.41) is 0. The van der Waals surface area contributed by atoms with E-state index in [1.165, 1.54) is 38.8 Å². The van der Waals surface area contributed by atoms with E-state index in [9.17, 15) is 0 Å². The summed E-state index contributed by atoms with van der Waals surface area (Å²) >= 11 is 0. The summed E-state index contributed by atoms with van der Waals surface area (Å²) in [6.07, 6.45) is 7.33. The van der Waals surface area contributed by atoms with Gasteiger partial charge >= 0.3 is 0 Å². The number of likely N-dealkylation sites (tertiary alicyclic amines) is 1. The second-order valence-corrected chi connectivity index (χ2v) is 5.63. The fraction of sp³-hybridized carbons (Fsp3) is 0.867. The first-order valence-corrected chi connectivity index (χ1v) is 6.99. The molecule has 1 rings (SSSR count). The van der Waals surface area contributed by atoms with Crippen LogP contribution in [0.15, 0.2) is 0 Å². The first-order valence-electron chi connectivity index (χ1n) is 6.99. The predicted octanol–water partition coefficient (Wildman–Crippen LogP) is 2.77. The topological polar surface area (TPSA) is 29.3 Å². The smallest absolute Gasteiger partial charge is 0.0304 e. The molecule has 1 unspecified atom stereocenters. The minimum absolute atomic E-state index is 0.111. The van der Waals surface area contributed by atoms with Crippen molar-refractivity contribution in [1.82, 2.24) is 4.90 Å². The van der Waals surface area contributed by atoms with Gasteiger partial charge in [0.1, 0.15) is 0 Å². The van der Waals surface area contributed by atoms with Crippen LogP contribution in [0, 0.1) is 11.8 Å². The molecule has 0 radical (unpaired) electrons. The van der Waals surface area contributed by atoms with Gasteiger partial charge in [0.25, 0.3) is 0 Å². The van der Waals surface area contributed by atoms with Crippen molar-refractivity contribution in [2.45, 2.75) is 70.9 Å². The Balaban J connectivity index is 2.53. The van der Waals surface area contributed by atoms with Gasteiger partial charge in [0.15, 0.2) is 0 Å². The summed E-state index contributed by atoms with van der Waals surface area (Å²) in [7, 11) is 0. The molecule has 0 saturated carbocycles. The molecule has 2 N–H and O–H groups in total. The maximum Gasteiger partial charge on any atom is 0.0304 e. The molecule has 17 heavy (non-hydrogen) atoms. The number of hydrogen-bond donors (Lipinski definition) is 1. The molecule has 1 fully saturated rings. The van der Waals surface area contributed by atoms with Gasteiger partial charge in [-0.25, -0.2) is 0 Å². The van der Waals surface area contributed by atoms with E-state index in [-0.39, 0.29) is 11.6 Å². The predicted molar refractivity (Wildman–Crippen MR) is 74.8 cm³/mol. The Morgan fingerprint density at radius 2 is 1.76 bits per heavy atom. The van der Waals surface area contributed by atoms with Crippen LogP contribution >= 0.6 is 0 Å². The Labute approximate surface area is 107 Å². The second kappa shape index (κ2) is 7.03. The molecule has 0 aliphatic carbocycles. The molecule has 1 aliphatic rings. The van der Waals surface area contributed by atoms with Crippen LogP contribution in [0.2, 0.25) is 0 Å². The summed E-state index contributed by atoms with van der Waals surface area (Å²) < 4.78 is 0. The van der Waals surface area contributed by atoms with Crippen molar-refractivity contribution < 1.29 is 0 Å². The zero-order valence-corrected chi connectivity index (χ0v) is 11.8. The molecule has 2 nitrogen and oxygen atoms in total. The molecule has 98 valence electrons. The molecule has 0 spiro atoms. The Morgan fingerprint density at radius 3 is 2.29 bits per heavy atom. The van der Waals surface area contributed by atoms with Crippen molar-refractivity contribution in [2.75, 3.05) is 13.1 Å². The normalized spacial score (nSPS) is 20.2. The van der Waals surface area contributed by atoms with Gasteiger partial charge < -0.3 is 5.73 Å². The van der Waals surface area contributed by atoms with Crippen LogP contribution in [-0.2, 0) is 0 Å². The number of rotatable bonds is 4. The largest absolute Gasteiger partial charge is 0.326 e. The van der Waals surface area contributed by atoms with Gasteiger partial charge in [0.2, 0.25) is 0 Å². The maximum absolute atomic E-state index is 6.36. The van der Waals surface area contributed by atoms with Crippen LogP contribution in [0.5, 0.6) is 0 Å². The van der Waals surface area contributed by atoms with E-state index in [0.29, 0.717) is 0 Å². The highest BCUT2D eigenvalue weighted by atomic mass is 15.2. The number of hydrogen-bond acceptors (Lipinski definition) is 2. The third kappa shape index (κ3) is 4.33. The minimum Gasteiger partial charge on any atom is -0.326 e. The molecule has 2 heteroatoms. The summed E-state index contributed by atoms with van der Waals surface area (Å²) in [5.41, 5.74) is 6.48. The summed E-state index contributed by atoms with van der Waals surface area (Å²) in [4.78, 5) is 2.59. The van der Waals surface area contributed by atoms with Crippen LogP contribution < -0.4 is 5.73 Å². The molecule has 1 saturated heterocycles. The molecule has 0 bridgehead atoms. The zero-order valence-electron chi connectivity index (χ0n) is 11.8. The Bertz CT molecular complexity index is 264. The van der Waals surface area contributed by atoms with Crippen LogP contribution in [-0.4, -0.2) is 29.6 Å². The number of nitrogens with two attached hydrogens (primary N) is 1. The lowest BCUT2D eigenvalue weighted by Gasteiger charge is -2.42. The van der Waals surface area contributed by atoms with Gasteiger partial charge in [-0.1, -0.05) is 12.8 Å². The summed E-state index contributed by atoms with van der Waals surface area (Å²) in [5.74, 6) is 6.06. The average molecular weight is 236 g/mol. The quantitative estimate of drug-likeness (QED) is 0.761. The van der Waals surface area contributed by atoms with E-state index in [4.69, 9.17) is 5.73 Å². The van der Waals surface area contributed by atoms with Crippen molar-refractivity contribution in [3.8, 4) is 11.8 Å². The van der Waals surface area contributed by atoms with E-state index in [1.807, 2.05) is 6.92 Å². The average Bonchev–Trinajstić information content (AvgIpc) is 2.58. The highest BCUT2D eigenvalue weighted by Gasteiger charge is 2.32. The Morgan fingerprint density at radius 1 is 1.18 bits per heavy atom. The first-order chi connectivity index (χ1) is 8.09. The van der Waals surface area contributed by atoms with Gasteiger partial charge in [-0.15, -0.1) is 11.8 Å². The summed E-state index contributed by atoms with van der Waals surface area (Å²) in [6, 6.07) is 0.224. The Kier molecular flexibility index (Phi) is 6.02. The molecule has 1 heterocycles. The highest BCUT2D eigenvalue weighted by molar-refractivity contribution is 4.99. The van der Waals surface area contributed by atoms with Crippen LogP contribution in [0.4, 0.5) is 0 Å². The third-order valence-electron chi connectivity index (χ3n) is 4.09. The fourth-order valence-corrected chi connectivity index (χ4v) is 2.59. The molecule has 0 amide bonds. The number of nitrogens with zero attached hydrogens (tertiary/aromatic N) is 1. The van der Waals surface area contributed by atoms with Crippen molar-refractivity contribution in [3.63, 3.8) is 0 Å². The molecule has 0 aromatic carbocycles. The van der Waals surface area contributed by atoms with Crippen LogP contribution in [0.1, 0.15) is 59.3 Å². The SMILES string of the molecule is CC#CCCC(N)C(C)(C)N1CCCCCC1. The van der Waals surface area contributed by atoms with E-state index in [2.05, 4.69) is 30.6 Å². The van der Waals surface area contributed by atoms with Gasteiger partial charge in [0, 0.05) is 18.0 Å². The second-order valence-electron chi connectivity index (χ2n) is 5.63. The Hall–Kier alpha value is -0.520. The van der Waals surface area contributed by atoms with Crippen molar-refractivity contribution in [3.05, 3.63) is 0 Å². The standard InChI is InChI=1S/C15H28N2/c1-4-5-8-11-14(16)15(2,3)17-12-9-6-7-10-13-17/h14H,6-13,16H2,1-3H3. The van der Waals surface area contributed by atoms with Gasteiger partial charge in [-0.2, -0.15) is 0 Å². The minimum atomic E-state index is 0.111. The van der Waals surface area contributed by atoms with Crippen LogP contribution in [0.3, 0.4) is 0 Å². The lowest BCUT2D eigenvalue weighted by molar-refractivity contribution is 0.0954. The van der Waals surface area contributed by atoms with E-state index in [1.54, 1.807) is 0 Å². The molecular weight excluding hydrogens is 208 g/mol. The van der Waals surface area contributed by atoms with Crippen LogP contribution in [0.25, 0.3) is 0 Å². The van der Waals surface area contributed by atoms with E-state index >= 15 is 0 Å². The van der Waals surface area contributed by atoms with Gasteiger partial charge in [-0.3, -0.25) is 4.90 Å². The molecular formula is C15H28N2.